The highest BCUT2D eigenvalue weighted by atomic mass is 16.6. The zero-order valence-corrected chi connectivity index (χ0v) is 15.3. The van der Waals surface area contributed by atoms with Gasteiger partial charge in [0.25, 0.3) is 0 Å². The Balaban J connectivity index is 1.68. The van der Waals surface area contributed by atoms with Crippen molar-refractivity contribution in [2.75, 3.05) is 11.9 Å². The predicted molar refractivity (Wildman–Crippen MR) is 101 cm³/mol. The summed E-state index contributed by atoms with van der Waals surface area (Å²) in [6, 6.07) is 14.4. The summed E-state index contributed by atoms with van der Waals surface area (Å²) >= 11 is 0. The highest BCUT2D eigenvalue weighted by Crippen LogP contribution is 2.24. The lowest BCUT2D eigenvalue weighted by Gasteiger charge is -2.26. The lowest BCUT2D eigenvalue weighted by molar-refractivity contribution is -0.118. The Morgan fingerprint density at radius 3 is 2.46 bits per heavy atom. The van der Waals surface area contributed by atoms with E-state index in [0.717, 1.165) is 18.5 Å². The molecule has 0 fully saturated rings. The van der Waals surface area contributed by atoms with E-state index in [1.54, 1.807) is 24.3 Å². The number of carbonyl (C=O) groups is 2. The molecular weight excluding hydrogens is 328 g/mol. The van der Waals surface area contributed by atoms with Gasteiger partial charge in [0.05, 0.1) is 5.56 Å². The van der Waals surface area contributed by atoms with Crippen LogP contribution < -0.4 is 10.6 Å². The van der Waals surface area contributed by atoms with Crippen molar-refractivity contribution in [2.24, 2.45) is 0 Å². The molecule has 1 atom stereocenters. The minimum Gasteiger partial charge on any atom is -0.456 e. The van der Waals surface area contributed by atoms with Crippen LogP contribution in [-0.2, 0) is 16.0 Å². The van der Waals surface area contributed by atoms with Crippen LogP contribution in [0.2, 0.25) is 0 Å². The van der Waals surface area contributed by atoms with Gasteiger partial charge in [0, 0.05) is 12.2 Å². The number of anilines is 1. The van der Waals surface area contributed by atoms with Gasteiger partial charge >= 0.3 is 5.97 Å². The van der Waals surface area contributed by atoms with Gasteiger partial charge < -0.3 is 15.4 Å². The van der Waals surface area contributed by atoms with Gasteiger partial charge in [0.1, 0.15) is 11.6 Å². The summed E-state index contributed by atoms with van der Waals surface area (Å²) in [4.78, 5) is 24.7. The molecule has 3 rings (SSSR count). The van der Waals surface area contributed by atoms with Gasteiger partial charge in [-0.25, -0.2) is 4.79 Å². The Labute approximate surface area is 153 Å². The van der Waals surface area contributed by atoms with Gasteiger partial charge in [-0.3, -0.25) is 4.79 Å². The molecule has 0 saturated carbocycles. The topological polar surface area (TPSA) is 67.4 Å². The largest absolute Gasteiger partial charge is 0.456 e. The maximum absolute atomic E-state index is 12.7. The Kier molecular flexibility index (Phi) is 5.09. The van der Waals surface area contributed by atoms with Crippen molar-refractivity contribution in [1.82, 2.24) is 5.32 Å². The molecule has 0 aromatic heterocycles. The number of fused-ring (bicyclic) bond motifs is 1. The van der Waals surface area contributed by atoms with Crippen molar-refractivity contribution in [3.8, 4) is 0 Å². The fraction of sp³-hybridized carbons (Fsp3) is 0.333. The molecule has 1 amide bonds. The molecule has 0 spiro atoms. The molecule has 136 valence electrons. The molecule has 1 aliphatic heterocycles. The lowest BCUT2D eigenvalue weighted by atomic mass is 9.94. The molecule has 1 aliphatic rings. The minimum atomic E-state index is -0.538. The molecule has 0 bridgehead atoms. The quantitative estimate of drug-likeness (QED) is 0.830. The number of nitrogens with one attached hydrogen (secondary N) is 2. The highest BCUT2D eigenvalue weighted by molar-refractivity contribution is 5.96. The minimum absolute atomic E-state index is 0.109. The summed E-state index contributed by atoms with van der Waals surface area (Å²) in [5.41, 5.74) is 2.78. The van der Waals surface area contributed by atoms with Crippen molar-refractivity contribution in [2.45, 2.75) is 38.8 Å². The molecule has 5 heteroatoms. The van der Waals surface area contributed by atoms with Crippen LogP contribution in [0.25, 0.3) is 0 Å². The smallest absolute Gasteiger partial charge is 0.338 e. The third-order valence-corrected chi connectivity index (χ3v) is 4.16. The zero-order chi connectivity index (χ0) is 18.7. The fourth-order valence-corrected chi connectivity index (χ4v) is 2.98. The third kappa shape index (κ3) is 4.29. The van der Waals surface area contributed by atoms with E-state index in [2.05, 4.69) is 16.7 Å². The Bertz CT molecular complexity index is 807. The molecule has 2 N–H and O–H groups in total. The van der Waals surface area contributed by atoms with Gasteiger partial charge in [-0.05, 0) is 62.6 Å². The highest BCUT2D eigenvalue weighted by Gasteiger charge is 2.25. The number of benzene rings is 2. The lowest BCUT2D eigenvalue weighted by Crippen LogP contribution is -2.38. The number of amides is 1. The monoisotopic (exact) mass is 352 g/mol. The second-order valence-corrected chi connectivity index (χ2v) is 7.40. The molecule has 26 heavy (non-hydrogen) atoms. The van der Waals surface area contributed by atoms with Crippen LogP contribution in [-0.4, -0.2) is 24.0 Å². The Hall–Kier alpha value is -2.66. The average molecular weight is 352 g/mol. The van der Waals surface area contributed by atoms with Crippen molar-refractivity contribution in [3.63, 3.8) is 0 Å². The number of carbonyl (C=O) groups excluding carboxylic acids is 2. The summed E-state index contributed by atoms with van der Waals surface area (Å²) < 4.78 is 5.34. The SMILES string of the molecule is CC(C)(C)OC(=O)c1ccc(NC(=O)[C@H]2NCCc3ccccc32)cc1. The number of esters is 1. The second kappa shape index (κ2) is 7.30. The summed E-state index contributed by atoms with van der Waals surface area (Å²) in [5.74, 6) is -0.486. The first-order chi connectivity index (χ1) is 12.3. The van der Waals surface area contributed by atoms with Gasteiger partial charge in [-0.2, -0.15) is 0 Å². The van der Waals surface area contributed by atoms with Gasteiger partial charge in [-0.15, -0.1) is 0 Å². The van der Waals surface area contributed by atoms with E-state index in [1.807, 2.05) is 39.0 Å². The Morgan fingerprint density at radius 1 is 1.08 bits per heavy atom. The number of rotatable bonds is 3. The molecular formula is C21H24N2O3. The molecule has 2 aromatic rings. The van der Waals surface area contributed by atoms with Crippen molar-refractivity contribution in [3.05, 3.63) is 65.2 Å². The van der Waals surface area contributed by atoms with Crippen LogP contribution in [0.4, 0.5) is 5.69 Å². The predicted octanol–water partition coefficient (Wildman–Crippen LogP) is 3.47. The van der Waals surface area contributed by atoms with Crippen LogP contribution in [0.3, 0.4) is 0 Å². The number of ether oxygens (including phenoxy) is 1. The normalized spacial score (nSPS) is 16.5. The second-order valence-electron chi connectivity index (χ2n) is 7.40. The first-order valence-corrected chi connectivity index (χ1v) is 8.79. The van der Waals surface area contributed by atoms with Gasteiger partial charge in [0.15, 0.2) is 0 Å². The maximum atomic E-state index is 12.7. The van der Waals surface area contributed by atoms with Crippen LogP contribution in [0.5, 0.6) is 0 Å². The molecule has 2 aromatic carbocycles. The Morgan fingerprint density at radius 2 is 1.77 bits per heavy atom. The standard InChI is InChI=1S/C21H24N2O3/c1-21(2,3)26-20(25)15-8-10-16(11-9-15)23-19(24)18-17-7-5-4-6-14(17)12-13-22-18/h4-11,18,22H,12-13H2,1-3H3,(H,23,24)/t18-/m0/s1. The van der Waals surface area contributed by atoms with Crippen molar-refractivity contribution < 1.29 is 14.3 Å². The molecule has 0 saturated heterocycles. The van der Waals surface area contributed by atoms with E-state index in [0.29, 0.717) is 11.3 Å². The summed E-state index contributed by atoms with van der Waals surface area (Å²) in [6.45, 7) is 6.25. The van der Waals surface area contributed by atoms with Gasteiger partial charge in [0.2, 0.25) is 5.91 Å². The van der Waals surface area contributed by atoms with Crippen molar-refractivity contribution >= 4 is 17.6 Å². The molecule has 0 radical (unpaired) electrons. The van der Waals surface area contributed by atoms with Crippen LogP contribution >= 0.6 is 0 Å². The van der Waals surface area contributed by atoms with E-state index in [1.165, 1.54) is 5.56 Å². The molecule has 5 nitrogen and oxygen atoms in total. The number of hydrogen-bond acceptors (Lipinski definition) is 4. The number of hydrogen-bond donors (Lipinski definition) is 2. The maximum Gasteiger partial charge on any atom is 0.338 e. The molecule has 0 aliphatic carbocycles. The van der Waals surface area contributed by atoms with Crippen molar-refractivity contribution in [1.29, 1.82) is 0 Å². The van der Waals surface area contributed by atoms with Crippen LogP contribution in [0.15, 0.2) is 48.5 Å². The van der Waals surface area contributed by atoms with Gasteiger partial charge in [-0.1, -0.05) is 24.3 Å². The first kappa shape index (κ1) is 18.1. The third-order valence-electron chi connectivity index (χ3n) is 4.16. The summed E-state index contributed by atoms with van der Waals surface area (Å²) in [7, 11) is 0. The first-order valence-electron chi connectivity index (χ1n) is 8.79. The van der Waals surface area contributed by atoms with E-state index >= 15 is 0 Å². The summed E-state index contributed by atoms with van der Waals surface area (Å²) in [6.07, 6.45) is 0.921. The van der Waals surface area contributed by atoms with E-state index in [4.69, 9.17) is 4.74 Å². The summed E-state index contributed by atoms with van der Waals surface area (Å²) in [5, 5.41) is 6.18. The molecule has 0 unspecified atom stereocenters. The van der Waals surface area contributed by atoms with E-state index in [9.17, 15) is 9.59 Å². The zero-order valence-electron chi connectivity index (χ0n) is 15.3. The fourth-order valence-electron chi connectivity index (χ4n) is 2.98. The average Bonchev–Trinajstić information content (AvgIpc) is 2.60. The van der Waals surface area contributed by atoms with Crippen LogP contribution in [0.1, 0.15) is 48.3 Å². The van der Waals surface area contributed by atoms with Crippen LogP contribution in [0, 0.1) is 0 Å². The van der Waals surface area contributed by atoms with E-state index < -0.39 is 5.60 Å². The molecule has 1 heterocycles. The van der Waals surface area contributed by atoms with E-state index in [-0.39, 0.29) is 17.9 Å².